The Hall–Kier alpha value is -1.10. The molecule has 0 fully saturated rings. The predicted octanol–water partition coefficient (Wildman–Crippen LogP) is 2.59. The van der Waals surface area contributed by atoms with Gasteiger partial charge in [-0.3, -0.25) is 4.79 Å². The molecule has 1 amide bonds. The Morgan fingerprint density at radius 3 is 2.95 bits per heavy atom. The number of rotatable bonds is 5. The first kappa shape index (κ1) is 15.3. The van der Waals surface area contributed by atoms with E-state index >= 15 is 0 Å². The van der Waals surface area contributed by atoms with Crippen molar-refractivity contribution in [1.82, 2.24) is 0 Å². The number of amides is 1. The second kappa shape index (κ2) is 7.07. The van der Waals surface area contributed by atoms with Crippen molar-refractivity contribution in [2.75, 3.05) is 38.4 Å². The molecule has 1 aromatic rings. The van der Waals surface area contributed by atoms with Crippen LogP contribution in [0.5, 0.6) is 0 Å². The lowest BCUT2D eigenvalue weighted by atomic mass is 9.98. The molecule has 0 radical (unpaired) electrons. The normalized spacial score (nSPS) is 14.2. The fraction of sp³-hybridized carbons (Fsp3) is 0.533. The Bertz CT molecular complexity index is 490. The van der Waals surface area contributed by atoms with Crippen molar-refractivity contribution in [3.63, 3.8) is 0 Å². The van der Waals surface area contributed by atoms with Crippen LogP contribution < -0.4 is 4.90 Å². The number of ether oxygens (including phenoxy) is 2. The number of hydrogen-bond donors (Lipinski definition) is 0. The summed E-state index contributed by atoms with van der Waals surface area (Å²) in [5.41, 5.74) is 3.11. The third kappa shape index (κ3) is 3.32. The van der Waals surface area contributed by atoms with Crippen molar-refractivity contribution in [2.24, 2.45) is 0 Å². The zero-order valence-electron chi connectivity index (χ0n) is 11.9. The van der Waals surface area contributed by atoms with Crippen LogP contribution in [-0.2, 0) is 20.7 Å². The lowest BCUT2D eigenvalue weighted by Gasteiger charge is -2.31. The maximum atomic E-state index is 12.3. The topological polar surface area (TPSA) is 38.8 Å². The van der Waals surface area contributed by atoms with Gasteiger partial charge in [-0.15, -0.1) is 0 Å². The molecule has 110 valence electrons. The van der Waals surface area contributed by atoms with E-state index in [4.69, 9.17) is 21.1 Å². The number of carbonyl (C=O) groups excluding carboxylic acids is 1. The average molecular weight is 298 g/mol. The number of anilines is 1. The number of benzene rings is 1. The lowest BCUT2D eigenvalue weighted by molar-refractivity contribution is -0.123. The van der Waals surface area contributed by atoms with Gasteiger partial charge in [-0.05, 0) is 37.0 Å². The molecular weight excluding hydrogens is 278 g/mol. The first-order valence-electron chi connectivity index (χ1n) is 6.80. The van der Waals surface area contributed by atoms with Crippen molar-refractivity contribution in [3.8, 4) is 0 Å². The predicted molar refractivity (Wildman–Crippen MR) is 79.6 cm³/mol. The highest BCUT2D eigenvalue weighted by atomic mass is 35.5. The maximum absolute atomic E-state index is 12.3. The summed E-state index contributed by atoms with van der Waals surface area (Å²) < 4.78 is 10.2. The quantitative estimate of drug-likeness (QED) is 0.784. The molecule has 5 heteroatoms. The van der Waals surface area contributed by atoms with Crippen molar-refractivity contribution >= 4 is 23.2 Å². The van der Waals surface area contributed by atoms with Gasteiger partial charge in [0.1, 0.15) is 6.61 Å². The fourth-order valence-electron chi connectivity index (χ4n) is 2.48. The van der Waals surface area contributed by atoms with E-state index in [1.165, 1.54) is 5.56 Å². The van der Waals surface area contributed by atoms with Gasteiger partial charge < -0.3 is 14.4 Å². The van der Waals surface area contributed by atoms with Crippen molar-refractivity contribution in [3.05, 3.63) is 28.3 Å². The van der Waals surface area contributed by atoms with Crippen LogP contribution in [0.4, 0.5) is 5.69 Å². The van der Waals surface area contributed by atoms with Gasteiger partial charge in [-0.25, -0.2) is 0 Å². The summed E-state index contributed by atoms with van der Waals surface area (Å²) in [6, 6.07) is 3.91. The number of fused-ring (bicyclic) bond motifs is 1. The van der Waals surface area contributed by atoms with Crippen LogP contribution in [-0.4, -0.2) is 39.4 Å². The van der Waals surface area contributed by atoms with E-state index in [2.05, 4.69) is 0 Å². The van der Waals surface area contributed by atoms with Gasteiger partial charge in [0.15, 0.2) is 0 Å². The number of halogens is 1. The molecule has 0 aromatic heterocycles. The SMILES string of the molecule is COCCOCC(=O)N1CCCc2ccc(Cl)c(C)c21. The molecule has 0 atom stereocenters. The summed E-state index contributed by atoms with van der Waals surface area (Å²) in [5.74, 6) is -0.0209. The van der Waals surface area contributed by atoms with Gasteiger partial charge >= 0.3 is 0 Å². The molecule has 0 spiro atoms. The van der Waals surface area contributed by atoms with Gasteiger partial charge in [0.05, 0.1) is 18.9 Å². The first-order valence-corrected chi connectivity index (χ1v) is 7.18. The summed E-state index contributed by atoms with van der Waals surface area (Å²) in [6.45, 7) is 3.68. The fourth-order valence-corrected chi connectivity index (χ4v) is 2.63. The van der Waals surface area contributed by atoms with E-state index < -0.39 is 0 Å². The van der Waals surface area contributed by atoms with Gasteiger partial charge in [-0.2, -0.15) is 0 Å². The first-order chi connectivity index (χ1) is 9.65. The molecule has 1 aliphatic heterocycles. The van der Waals surface area contributed by atoms with Crippen LogP contribution in [0.2, 0.25) is 5.02 Å². The zero-order valence-corrected chi connectivity index (χ0v) is 12.7. The highest BCUT2D eigenvalue weighted by Gasteiger charge is 2.25. The average Bonchev–Trinajstić information content (AvgIpc) is 2.47. The van der Waals surface area contributed by atoms with Gasteiger partial charge in [-0.1, -0.05) is 17.7 Å². The summed E-state index contributed by atoms with van der Waals surface area (Å²) in [4.78, 5) is 14.1. The second-order valence-electron chi connectivity index (χ2n) is 4.87. The molecule has 1 heterocycles. The van der Waals surface area contributed by atoms with Crippen LogP contribution in [0.15, 0.2) is 12.1 Å². The zero-order chi connectivity index (χ0) is 14.5. The van der Waals surface area contributed by atoms with E-state index in [0.29, 0.717) is 18.2 Å². The van der Waals surface area contributed by atoms with Gasteiger partial charge in [0, 0.05) is 18.7 Å². The van der Waals surface area contributed by atoms with Gasteiger partial charge in [0.25, 0.3) is 5.91 Å². The molecule has 0 aliphatic carbocycles. The lowest BCUT2D eigenvalue weighted by Crippen LogP contribution is -2.38. The third-order valence-corrected chi connectivity index (χ3v) is 3.91. The summed E-state index contributed by atoms with van der Waals surface area (Å²) >= 11 is 6.18. The molecule has 0 unspecified atom stereocenters. The Labute approximate surface area is 124 Å². The van der Waals surface area contributed by atoms with Gasteiger partial charge in [0.2, 0.25) is 0 Å². The number of methoxy groups -OCH3 is 1. The van der Waals surface area contributed by atoms with Crippen LogP contribution in [0.25, 0.3) is 0 Å². The molecule has 0 N–H and O–H groups in total. The van der Waals surface area contributed by atoms with Crippen molar-refractivity contribution in [2.45, 2.75) is 19.8 Å². The summed E-state index contributed by atoms with van der Waals surface area (Å²) in [6.07, 6.45) is 1.96. The number of aryl methyl sites for hydroxylation is 1. The molecule has 1 aliphatic rings. The van der Waals surface area contributed by atoms with Crippen molar-refractivity contribution < 1.29 is 14.3 Å². The maximum Gasteiger partial charge on any atom is 0.252 e. The molecule has 0 saturated carbocycles. The molecule has 4 nitrogen and oxygen atoms in total. The third-order valence-electron chi connectivity index (χ3n) is 3.50. The molecule has 20 heavy (non-hydrogen) atoms. The Balaban J connectivity index is 2.11. The minimum Gasteiger partial charge on any atom is -0.382 e. The van der Waals surface area contributed by atoms with Crippen molar-refractivity contribution in [1.29, 1.82) is 0 Å². The number of nitrogens with zero attached hydrogens (tertiary/aromatic N) is 1. The summed E-state index contributed by atoms with van der Waals surface area (Å²) in [7, 11) is 1.61. The van der Waals surface area contributed by atoms with E-state index in [-0.39, 0.29) is 12.5 Å². The minimum absolute atomic E-state index is 0.0209. The Morgan fingerprint density at radius 2 is 2.20 bits per heavy atom. The monoisotopic (exact) mass is 297 g/mol. The largest absolute Gasteiger partial charge is 0.382 e. The molecule has 2 rings (SSSR count). The van der Waals surface area contributed by atoms with Crippen LogP contribution in [0.1, 0.15) is 17.5 Å². The minimum atomic E-state index is -0.0209. The molecule has 0 bridgehead atoms. The number of carbonyl (C=O) groups is 1. The second-order valence-corrected chi connectivity index (χ2v) is 5.28. The van der Waals surface area contributed by atoms with E-state index in [0.717, 1.165) is 30.6 Å². The highest BCUT2D eigenvalue weighted by molar-refractivity contribution is 6.31. The van der Waals surface area contributed by atoms with E-state index in [1.807, 2.05) is 19.1 Å². The van der Waals surface area contributed by atoms with Crippen LogP contribution in [0.3, 0.4) is 0 Å². The number of hydrogen-bond acceptors (Lipinski definition) is 3. The Morgan fingerprint density at radius 1 is 1.40 bits per heavy atom. The molecule has 1 aromatic carbocycles. The molecular formula is C15H20ClNO3. The standard InChI is InChI=1S/C15H20ClNO3/c1-11-13(16)6-5-12-4-3-7-17(15(11)12)14(18)10-20-9-8-19-2/h5-6H,3-4,7-10H2,1-2H3. The summed E-state index contributed by atoms with van der Waals surface area (Å²) in [5, 5.41) is 0.698. The van der Waals surface area contributed by atoms with E-state index in [9.17, 15) is 4.79 Å². The van der Waals surface area contributed by atoms with Crippen LogP contribution >= 0.6 is 11.6 Å². The molecule has 0 saturated heterocycles. The Kier molecular flexibility index (Phi) is 5.40. The highest BCUT2D eigenvalue weighted by Crippen LogP contribution is 2.34. The van der Waals surface area contributed by atoms with Crippen LogP contribution in [0, 0.1) is 6.92 Å². The smallest absolute Gasteiger partial charge is 0.252 e. The van der Waals surface area contributed by atoms with E-state index in [1.54, 1.807) is 12.0 Å².